The lowest BCUT2D eigenvalue weighted by molar-refractivity contribution is 0.567. The van der Waals surface area contributed by atoms with E-state index in [2.05, 4.69) is 24.5 Å². The molecule has 2 unspecified atom stereocenters. The minimum Gasteiger partial charge on any atom is -0.363 e. The third-order valence-corrected chi connectivity index (χ3v) is 2.83. The van der Waals surface area contributed by atoms with E-state index in [-0.39, 0.29) is 0 Å². The first-order valence-corrected chi connectivity index (χ1v) is 5.67. The molecule has 1 rings (SSSR count). The molecule has 1 saturated carbocycles. The van der Waals surface area contributed by atoms with E-state index in [9.17, 15) is 0 Å². The lowest BCUT2D eigenvalue weighted by atomic mass is 10.1. The van der Waals surface area contributed by atoms with E-state index in [1.54, 1.807) is 0 Å². The lowest BCUT2D eigenvalue weighted by Gasteiger charge is -2.15. The van der Waals surface area contributed by atoms with Gasteiger partial charge < -0.3 is 10.6 Å². The predicted octanol–water partition coefficient (Wildman–Crippen LogP) is 2.05. The van der Waals surface area contributed by atoms with Crippen molar-refractivity contribution in [3.63, 3.8) is 0 Å². The summed E-state index contributed by atoms with van der Waals surface area (Å²) in [4.78, 5) is 0. The molecule has 0 radical (unpaired) electrons. The Bertz CT molecular complexity index is 170. The van der Waals surface area contributed by atoms with Crippen molar-refractivity contribution in [3.8, 4) is 0 Å². The molecule has 1 aliphatic carbocycles. The lowest BCUT2D eigenvalue weighted by Crippen LogP contribution is -2.41. The molecule has 1 fully saturated rings. The highest BCUT2D eigenvalue weighted by atomic mass is 32.1. The van der Waals surface area contributed by atoms with Crippen LogP contribution in [0.25, 0.3) is 0 Å². The first-order valence-electron chi connectivity index (χ1n) is 5.26. The Morgan fingerprint density at radius 3 is 2.77 bits per heavy atom. The first-order chi connectivity index (χ1) is 6.22. The summed E-state index contributed by atoms with van der Waals surface area (Å²) >= 11 is 5.17. The fourth-order valence-electron chi connectivity index (χ4n) is 1.81. The van der Waals surface area contributed by atoms with Crippen molar-refractivity contribution in [2.75, 3.05) is 6.54 Å². The summed E-state index contributed by atoms with van der Waals surface area (Å²) in [7, 11) is 0. The molecule has 2 nitrogen and oxygen atoms in total. The van der Waals surface area contributed by atoms with Crippen molar-refractivity contribution in [2.24, 2.45) is 5.92 Å². The molecule has 1 aliphatic rings. The van der Waals surface area contributed by atoms with Gasteiger partial charge in [-0.25, -0.2) is 0 Å². The Hall–Kier alpha value is -0.310. The van der Waals surface area contributed by atoms with Crippen LogP contribution in [0.3, 0.4) is 0 Å². The van der Waals surface area contributed by atoms with Gasteiger partial charge in [-0.05, 0) is 43.8 Å². The monoisotopic (exact) mass is 200 g/mol. The van der Waals surface area contributed by atoms with Gasteiger partial charge in [-0.3, -0.25) is 0 Å². The smallest absolute Gasteiger partial charge is 0.166 e. The number of hydrogen-bond acceptors (Lipinski definition) is 1. The standard InChI is InChI=1S/C10H20N2S/c1-3-6-11-10(13)12-9-5-4-8(2)7-9/h8-9H,3-7H2,1-2H3,(H2,11,12,13). The predicted molar refractivity (Wildman–Crippen MR) is 60.8 cm³/mol. The van der Waals surface area contributed by atoms with Crippen molar-refractivity contribution in [3.05, 3.63) is 0 Å². The van der Waals surface area contributed by atoms with Gasteiger partial charge in [0.05, 0.1) is 0 Å². The molecule has 0 aromatic carbocycles. The van der Waals surface area contributed by atoms with Crippen LogP contribution in [0, 0.1) is 5.92 Å². The van der Waals surface area contributed by atoms with E-state index in [1.807, 2.05) is 0 Å². The van der Waals surface area contributed by atoms with Crippen LogP contribution in [-0.4, -0.2) is 17.7 Å². The topological polar surface area (TPSA) is 24.1 Å². The Kier molecular flexibility index (Phi) is 4.50. The summed E-state index contributed by atoms with van der Waals surface area (Å²) in [6.45, 7) is 5.44. The molecule has 0 aliphatic heterocycles. The second-order valence-electron chi connectivity index (χ2n) is 4.02. The molecule has 0 bridgehead atoms. The molecule has 0 saturated heterocycles. The van der Waals surface area contributed by atoms with Crippen LogP contribution in [0.15, 0.2) is 0 Å². The zero-order chi connectivity index (χ0) is 9.68. The Morgan fingerprint density at radius 1 is 1.46 bits per heavy atom. The van der Waals surface area contributed by atoms with Gasteiger partial charge in [0, 0.05) is 12.6 Å². The largest absolute Gasteiger partial charge is 0.363 e. The second-order valence-corrected chi connectivity index (χ2v) is 4.42. The summed E-state index contributed by atoms with van der Waals surface area (Å²) in [6.07, 6.45) is 5.01. The summed E-state index contributed by atoms with van der Waals surface area (Å²) < 4.78 is 0. The van der Waals surface area contributed by atoms with Crippen molar-refractivity contribution >= 4 is 17.3 Å². The molecule has 0 aromatic rings. The zero-order valence-electron chi connectivity index (χ0n) is 8.60. The SMILES string of the molecule is CCCNC(=S)NC1CCC(C)C1. The quantitative estimate of drug-likeness (QED) is 0.682. The van der Waals surface area contributed by atoms with Crippen LogP contribution in [0.5, 0.6) is 0 Å². The van der Waals surface area contributed by atoms with Gasteiger partial charge in [0.15, 0.2) is 5.11 Å². The van der Waals surface area contributed by atoms with Crippen molar-refractivity contribution in [1.82, 2.24) is 10.6 Å². The van der Waals surface area contributed by atoms with Crippen LogP contribution in [-0.2, 0) is 0 Å². The van der Waals surface area contributed by atoms with Gasteiger partial charge in [0.25, 0.3) is 0 Å². The number of hydrogen-bond donors (Lipinski definition) is 2. The van der Waals surface area contributed by atoms with E-state index in [0.717, 1.165) is 24.0 Å². The van der Waals surface area contributed by atoms with E-state index >= 15 is 0 Å². The highest BCUT2D eigenvalue weighted by Crippen LogP contribution is 2.24. The first kappa shape index (κ1) is 10.8. The van der Waals surface area contributed by atoms with Gasteiger partial charge in [0.1, 0.15) is 0 Å². The van der Waals surface area contributed by atoms with Crippen LogP contribution in [0.2, 0.25) is 0 Å². The average Bonchev–Trinajstić information content (AvgIpc) is 2.48. The Morgan fingerprint density at radius 2 is 2.23 bits per heavy atom. The van der Waals surface area contributed by atoms with Gasteiger partial charge in [0.2, 0.25) is 0 Å². The van der Waals surface area contributed by atoms with Crippen molar-refractivity contribution in [2.45, 2.75) is 45.6 Å². The molecule has 0 amide bonds. The maximum atomic E-state index is 5.17. The van der Waals surface area contributed by atoms with Crippen LogP contribution < -0.4 is 10.6 Å². The van der Waals surface area contributed by atoms with Gasteiger partial charge in [-0.2, -0.15) is 0 Å². The Balaban J connectivity index is 2.13. The summed E-state index contributed by atoms with van der Waals surface area (Å²) in [5.41, 5.74) is 0. The van der Waals surface area contributed by atoms with E-state index in [4.69, 9.17) is 12.2 Å². The zero-order valence-corrected chi connectivity index (χ0v) is 9.41. The number of thiocarbonyl (C=S) groups is 1. The summed E-state index contributed by atoms with van der Waals surface area (Å²) in [5, 5.41) is 7.39. The van der Waals surface area contributed by atoms with Crippen LogP contribution >= 0.6 is 12.2 Å². The minimum atomic E-state index is 0.617. The summed E-state index contributed by atoms with van der Waals surface area (Å²) in [6, 6.07) is 0.617. The molecule has 13 heavy (non-hydrogen) atoms. The molecule has 0 heterocycles. The molecular formula is C10H20N2S. The van der Waals surface area contributed by atoms with Crippen molar-refractivity contribution < 1.29 is 0 Å². The maximum absolute atomic E-state index is 5.17. The van der Waals surface area contributed by atoms with Crippen molar-refractivity contribution in [1.29, 1.82) is 0 Å². The van der Waals surface area contributed by atoms with Gasteiger partial charge in [-0.1, -0.05) is 13.8 Å². The van der Waals surface area contributed by atoms with E-state index in [0.29, 0.717) is 6.04 Å². The fraction of sp³-hybridized carbons (Fsp3) is 0.900. The highest BCUT2D eigenvalue weighted by molar-refractivity contribution is 7.80. The van der Waals surface area contributed by atoms with Crippen LogP contribution in [0.4, 0.5) is 0 Å². The number of rotatable bonds is 3. The van der Waals surface area contributed by atoms with Gasteiger partial charge in [-0.15, -0.1) is 0 Å². The van der Waals surface area contributed by atoms with E-state index < -0.39 is 0 Å². The second kappa shape index (κ2) is 5.43. The highest BCUT2D eigenvalue weighted by Gasteiger charge is 2.21. The number of nitrogens with one attached hydrogen (secondary N) is 2. The Labute approximate surface area is 86.5 Å². The van der Waals surface area contributed by atoms with E-state index in [1.165, 1.54) is 19.3 Å². The maximum Gasteiger partial charge on any atom is 0.166 e. The normalized spacial score (nSPS) is 27.2. The average molecular weight is 200 g/mol. The molecule has 3 heteroatoms. The van der Waals surface area contributed by atoms with Crippen LogP contribution in [0.1, 0.15) is 39.5 Å². The fourth-order valence-corrected chi connectivity index (χ4v) is 2.08. The minimum absolute atomic E-state index is 0.617. The molecule has 2 atom stereocenters. The third kappa shape index (κ3) is 3.94. The third-order valence-electron chi connectivity index (χ3n) is 2.57. The molecular weight excluding hydrogens is 180 g/mol. The summed E-state index contributed by atoms with van der Waals surface area (Å²) in [5.74, 6) is 0.867. The molecule has 76 valence electrons. The van der Waals surface area contributed by atoms with Gasteiger partial charge >= 0.3 is 0 Å². The molecule has 2 N–H and O–H groups in total. The molecule has 0 spiro atoms. The molecule has 0 aromatic heterocycles.